The van der Waals surface area contributed by atoms with Gasteiger partial charge in [-0.15, -0.1) is 0 Å². The topological polar surface area (TPSA) is 75.0 Å². The number of nitriles is 1. The van der Waals surface area contributed by atoms with Crippen LogP contribution in [0.5, 0.6) is 5.75 Å². The molecule has 0 saturated carbocycles. The fraction of sp³-hybridized carbons (Fsp3) is 0.188. The number of aromatic nitrogens is 1. The van der Waals surface area contributed by atoms with Gasteiger partial charge in [-0.25, -0.2) is 4.98 Å². The number of pyridine rings is 1. The van der Waals surface area contributed by atoms with E-state index in [1.54, 1.807) is 36.4 Å². The van der Waals surface area contributed by atoms with Crippen LogP contribution in [-0.2, 0) is 0 Å². The Morgan fingerprint density at radius 1 is 1.33 bits per heavy atom. The average Bonchev–Trinajstić information content (AvgIpc) is 2.47. The second-order valence-corrected chi connectivity index (χ2v) is 4.69. The molecule has 1 aromatic carbocycles. The number of hydrogen-bond acceptors (Lipinski definition) is 4. The van der Waals surface area contributed by atoms with Crippen LogP contribution in [0, 0.1) is 11.3 Å². The molecule has 5 nitrogen and oxygen atoms in total. The first-order valence-corrected chi connectivity index (χ1v) is 6.52. The highest BCUT2D eigenvalue weighted by Crippen LogP contribution is 2.16. The molecule has 21 heavy (non-hydrogen) atoms. The van der Waals surface area contributed by atoms with E-state index in [1.807, 2.05) is 19.9 Å². The molecule has 2 rings (SSSR count). The normalized spacial score (nSPS) is 10.0. The first-order chi connectivity index (χ1) is 10.1. The van der Waals surface area contributed by atoms with Gasteiger partial charge in [-0.2, -0.15) is 5.26 Å². The minimum absolute atomic E-state index is 0.0449. The highest BCUT2D eigenvalue weighted by atomic mass is 16.5. The Labute approximate surface area is 123 Å². The molecule has 0 fully saturated rings. The number of amides is 1. The summed E-state index contributed by atoms with van der Waals surface area (Å²) in [7, 11) is 0. The fourth-order valence-electron chi connectivity index (χ4n) is 1.71. The van der Waals surface area contributed by atoms with Crippen molar-refractivity contribution in [1.29, 1.82) is 5.26 Å². The number of nitrogens with zero attached hydrogens (tertiary/aromatic N) is 2. The fourth-order valence-corrected chi connectivity index (χ4v) is 1.71. The van der Waals surface area contributed by atoms with Crippen LogP contribution in [0.4, 0.5) is 5.82 Å². The molecule has 0 spiro atoms. The summed E-state index contributed by atoms with van der Waals surface area (Å²) in [5, 5.41) is 11.4. The van der Waals surface area contributed by atoms with Crippen molar-refractivity contribution in [3.63, 3.8) is 0 Å². The highest BCUT2D eigenvalue weighted by molar-refractivity contribution is 6.03. The minimum atomic E-state index is -0.276. The van der Waals surface area contributed by atoms with Crippen LogP contribution < -0.4 is 10.1 Å². The van der Waals surface area contributed by atoms with Gasteiger partial charge in [-0.05, 0) is 44.2 Å². The molecule has 0 radical (unpaired) electrons. The molecule has 106 valence electrons. The van der Waals surface area contributed by atoms with Crippen molar-refractivity contribution in [2.24, 2.45) is 0 Å². The van der Waals surface area contributed by atoms with Crippen LogP contribution in [0.3, 0.4) is 0 Å². The number of anilines is 1. The SMILES string of the molecule is CC(C)Oc1cccc(C(=O)Nc2ccc(C#N)cn2)c1. The van der Waals surface area contributed by atoms with Crippen molar-refractivity contribution in [3.05, 3.63) is 53.7 Å². The Hall–Kier alpha value is -2.87. The third-order valence-corrected chi connectivity index (χ3v) is 2.60. The van der Waals surface area contributed by atoms with E-state index in [4.69, 9.17) is 10.00 Å². The number of carbonyl (C=O) groups excluding carboxylic acids is 1. The zero-order valence-electron chi connectivity index (χ0n) is 11.8. The molecule has 1 heterocycles. The Bertz CT molecular complexity index is 673. The quantitative estimate of drug-likeness (QED) is 0.934. The lowest BCUT2D eigenvalue weighted by atomic mass is 10.2. The molecule has 0 aliphatic rings. The maximum absolute atomic E-state index is 12.1. The number of benzene rings is 1. The second-order valence-electron chi connectivity index (χ2n) is 4.69. The first kappa shape index (κ1) is 14.5. The molecule has 1 aromatic heterocycles. The van der Waals surface area contributed by atoms with Crippen LogP contribution in [0.15, 0.2) is 42.6 Å². The summed E-state index contributed by atoms with van der Waals surface area (Å²) in [6.07, 6.45) is 1.46. The van der Waals surface area contributed by atoms with E-state index >= 15 is 0 Å². The number of nitrogens with one attached hydrogen (secondary N) is 1. The lowest BCUT2D eigenvalue weighted by Crippen LogP contribution is -2.13. The lowest BCUT2D eigenvalue weighted by molar-refractivity contribution is 0.102. The van der Waals surface area contributed by atoms with Crippen LogP contribution >= 0.6 is 0 Å². The summed E-state index contributed by atoms with van der Waals surface area (Å²) in [6.45, 7) is 3.85. The largest absolute Gasteiger partial charge is 0.491 e. The van der Waals surface area contributed by atoms with Gasteiger partial charge in [0.2, 0.25) is 0 Å². The van der Waals surface area contributed by atoms with Gasteiger partial charge in [-0.3, -0.25) is 4.79 Å². The molecule has 0 aliphatic heterocycles. The third-order valence-electron chi connectivity index (χ3n) is 2.60. The Balaban J connectivity index is 2.10. The molecular weight excluding hydrogens is 266 g/mol. The Kier molecular flexibility index (Phi) is 4.52. The maximum atomic E-state index is 12.1. The molecular formula is C16H15N3O2. The molecule has 5 heteroatoms. The van der Waals surface area contributed by atoms with E-state index in [0.717, 1.165) is 0 Å². The van der Waals surface area contributed by atoms with Crippen molar-refractivity contribution in [1.82, 2.24) is 4.98 Å². The second kappa shape index (κ2) is 6.53. The third kappa shape index (κ3) is 4.05. The Morgan fingerprint density at radius 3 is 2.76 bits per heavy atom. The molecule has 0 bridgehead atoms. The van der Waals surface area contributed by atoms with Crippen LogP contribution in [0.2, 0.25) is 0 Å². The first-order valence-electron chi connectivity index (χ1n) is 6.52. The van der Waals surface area contributed by atoms with E-state index in [2.05, 4.69) is 10.3 Å². The lowest BCUT2D eigenvalue weighted by Gasteiger charge is -2.10. The summed E-state index contributed by atoms with van der Waals surface area (Å²) in [4.78, 5) is 16.1. The van der Waals surface area contributed by atoms with Gasteiger partial charge in [0.15, 0.2) is 0 Å². The van der Waals surface area contributed by atoms with Gasteiger partial charge in [-0.1, -0.05) is 6.07 Å². The van der Waals surface area contributed by atoms with E-state index < -0.39 is 0 Å². The van der Waals surface area contributed by atoms with Gasteiger partial charge in [0.1, 0.15) is 17.6 Å². The Morgan fingerprint density at radius 2 is 2.14 bits per heavy atom. The zero-order valence-corrected chi connectivity index (χ0v) is 11.8. The van der Waals surface area contributed by atoms with Crippen molar-refractivity contribution in [2.45, 2.75) is 20.0 Å². The van der Waals surface area contributed by atoms with E-state index in [1.165, 1.54) is 6.20 Å². The zero-order chi connectivity index (χ0) is 15.2. The molecule has 0 atom stereocenters. The van der Waals surface area contributed by atoms with Gasteiger partial charge < -0.3 is 10.1 Å². The molecule has 0 aliphatic carbocycles. The molecule has 1 amide bonds. The van der Waals surface area contributed by atoms with E-state index in [9.17, 15) is 4.79 Å². The number of carbonyl (C=O) groups is 1. The van der Waals surface area contributed by atoms with Gasteiger partial charge in [0.25, 0.3) is 5.91 Å². The number of rotatable bonds is 4. The highest BCUT2D eigenvalue weighted by Gasteiger charge is 2.08. The number of hydrogen-bond donors (Lipinski definition) is 1. The number of ether oxygens (including phenoxy) is 1. The van der Waals surface area contributed by atoms with Gasteiger partial charge in [0, 0.05) is 11.8 Å². The van der Waals surface area contributed by atoms with Crippen molar-refractivity contribution >= 4 is 11.7 Å². The van der Waals surface area contributed by atoms with Crippen molar-refractivity contribution in [2.75, 3.05) is 5.32 Å². The standard InChI is InChI=1S/C16H15N3O2/c1-11(2)21-14-5-3-4-13(8-14)16(20)19-15-7-6-12(9-17)10-18-15/h3-8,10-11H,1-2H3,(H,18,19,20). The summed E-state index contributed by atoms with van der Waals surface area (Å²) in [5.74, 6) is 0.765. The molecule has 1 N–H and O–H groups in total. The minimum Gasteiger partial charge on any atom is -0.491 e. The summed E-state index contributed by atoms with van der Waals surface area (Å²) in [6, 6.07) is 12.1. The van der Waals surface area contributed by atoms with Crippen molar-refractivity contribution in [3.8, 4) is 11.8 Å². The summed E-state index contributed by atoms with van der Waals surface area (Å²) in [5.41, 5.74) is 0.930. The van der Waals surface area contributed by atoms with Gasteiger partial charge >= 0.3 is 0 Å². The maximum Gasteiger partial charge on any atom is 0.256 e. The summed E-state index contributed by atoms with van der Waals surface area (Å²) < 4.78 is 5.55. The predicted octanol–water partition coefficient (Wildman–Crippen LogP) is 2.99. The van der Waals surface area contributed by atoms with Crippen LogP contribution in [0.1, 0.15) is 29.8 Å². The van der Waals surface area contributed by atoms with Crippen LogP contribution in [0.25, 0.3) is 0 Å². The van der Waals surface area contributed by atoms with Crippen LogP contribution in [-0.4, -0.2) is 17.0 Å². The average molecular weight is 281 g/mol. The summed E-state index contributed by atoms with van der Waals surface area (Å²) >= 11 is 0. The van der Waals surface area contributed by atoms with Crippen molar-refractivity contribution < 1.29 is 9.53 Å². The molecule has 2 aromatic rings. The van der Waals surface area contributed by atoms with Gasteiger partial charge in [0.05, 0.1) is 11.7 Å². The predicted molar refractivity (Wildman–Crippen MR) is 79.1 cm³/mol. The molecule has 0 unspecified atom stereocenters. The smallest absolute Gasteiger partial charge is 0.256 e. The monoisotopic (exact) mass is 281 g/mol. The van der Waals surface area contributed by atoms with E-state index in [0.29, 0.717) is 22.7 Å². The molecule has 0 saturated heterocycles. The van der Waals surface area contributed by atoms with E-state index in [-0.39, 0.29) is 12.0 Å².